The van der Waals surface area contributed by atoms with Crippen LogP contribution in [0.3, 0.4) is 0 Å². The number of ether oxygens (including phenoxy) is 1. The number of benzene rings is 2. The maximum atomic E-state index is 12.1. The van der Waals surface area contributed by atoms with Crippen molar-refractivity contribution < 1.29 is 24.5 Å². The van der Waals surface area contributed by atoms with E-state index in [-0.39, 0.29) is 18.9 Å². The quantitative estimate of drug-likeness (QED) is 0.740. The molecule has 6 nitrogen and oxygen atoms in total. The second kappa shape index (κ2) is 7.58. The highest BCUT2D eigenvalue weighted by atomic mass is 16.5. The summed E-state index contributed by atoms with van der Waals surface area (Å²) in [5.41, 5.74) is 4.37. The van der Waals surface area contributed by atoms with Crippen LogP contribution in [0.15, 0.2) is 48.5 Å². The summed E-state index contributed by atoms with van der Waals surface area (Å²) in [7, 11) is 0. The zero-order valence-electron chi connectivity index (χ0n) is 14.4. The van der Waals surface area contributed by atoms with E-state index >= 15 is 0 Å². The molecule has 0 spiro atoms. The van der Waals surface area contributed by atoms with Crippen molar-refractivity contribution in [1.29, 1.82) is 0 Å². The summed E-state index contributed by atoms with van der Waals surface area (Å²) < 4.78 is 5.29. The summed E-state index contributed by atoms with van der Waals surface area (Å²) in [6.07, 6.45) is -1.82. The number of carbonyl (C=O) groups excluding carboxylic acids is 1. The number of alkyl carbamates (subject to hydrolysis) is 1. The van der Waals surface area contributed by atoms with Gasteiger partial charge in [0.25, 0.3) is 0 Å². The highest BCUT2D eigenvalue weighted by Gasteiger charge is 2.31. The van der Waals surface area contributed by atoms with Gasteiger partial charge in [-0.1, -0.05) is 55.5 Å². The minimum Gasteiger partial charge on any atom is -0.480 e. The van der Waals surface area contributed by atoms with Crippen molar-refractivity contribution in [3.63, 3.8) is 0 Å². The zero-order valence-corrected chi connectivity index (χ0v) is 14.4. The topological polar surface area (TPSA) is 95.9 Å². The number of carbonyl (C=O) groups is 2. The molecular formula is C20H21NO5. The predicted molar refractivity (Wildman–Crippen MR) is 95.9 cm³/mol. The normalized spacial score (nSPS) is 14.8. The lowest BCUT2D eigenvalue weighted by Crippen LogP contribution is -2.48. The molecule has 0 unspecified atom stereocenters. The maximum Gasteiger partial charge on any atom is 0.407 e. The highest BCUT2D eigenvalue weighted by molar-refractivity contribution is 5.81. The van der Waals surface area contributed by atoms with Crippen molar-refractivity contribution in [3.05, 3.63) is 59.7 Å². The summed E-state index contributed by atoms with van der Waals surface area (Å²) in [6, 6.07) is 14.5. The Bertz CT molecular complexity index is 774. The van der Waals surface area contributed by atoms with Gasteiger partial charge < -0.3 is 20.3 Å². The Labute approximate surface area is 151 Å². The molecule has 0 radical (unpaired) electrons. The average Bonchev–Trinajstić information content (AvgIpc) is 2.97. The number of aliphatic hydroxyl groups is 1. The first-order chi connectivity index (χ1) is 12.5. The van der Waals surface area contributed by atoms with E-state index in [9.17, 15) is 14.7 Å². The van der Waals surface area contributed by atoms with Crippen LogP contribution in [0.1, 0.15) is 30.4 Å². The molecule has 0 bridgehead atoms. The van der Waals surface area contributed by atoms with Gasteiger partial charge in [0, 0.05) is 5.92 Å². The third kappa shape index (κ3) is 3.41. The van der Waals surface area contributed by atoms with Crippen LogP contribution in [0.4, 0.5) is 4.79 Å². The fourth-order valence-corrected chi connectivity index (χ4v) is 3.33. The Morgan fingerprint density at radius 1 is 1.08 bits per heavy atom. The van der Waals surface area contributed by atoms with Crippen molar-refractivity contribution in [2.45, 2.75) is 31.4 Å². The molecule has 0 saturated heterocycles. The van der Waals surface area contributed by atoms with E-state index in [1.807, 2.05) is 48.5 Å². The van der Waals surface area contributed by atoms with E-state index in [0.29, 0.717) is 0 Å². The van der Waals surface area contributed by atoms with Crippen LogP contribution in [-0.4, -0.2) is 41.0 Å². The molecule has 2 aromatic rings. The Morgan fingerprint density at radius 2 is 1.62 bits per heavy atom. The SMILES string of the molecule is CC[C@@H](O)[C@@H](NC(=O)OCC1c2ccccc2-c2ccccc21)C(=O)O. The Morgan fingerprint density at radius 3 is 2.12 bits per heavy atom. The van der Waals surface area contributed by atoms with Gasteiger partial charge in [-0.25, -0.2) is 9.59 Å². The summed E-state index contributed by atoms with van der Waals surface area (Å²) in [4.78, 5) is 23.2. The highest BCUT2D eigenvalue weighted by Crippen LogP contribution is 2.44. The van der Waals surface area contributed by atoms with Crippen LogP contribution in [0, 0.1) is 0 Å². The molecule has 0 aliphatic heterocycles. The minimum absolute atomic E-state index is 0.0917. The van der Waals surface area contributed by atoms with E-state index in [1.54, 1.807) is 6.92 Å². The molecule has 3 N–H and O–H groups in total. The lowest BCUT2D eigenvalue weighted by Gasteiger charge is -2.20. The van der Waals surface area contributed by atoms with E-state index in [1.165, 1.54) is 0 Å². The first-order valence-electron chi connectivity index (χ1n) is 8.55. The van der Waals surface area contributed by atoms with Crippen molar-refractivity contribution in [1.82, 2.24) is 5.32 Å². The van der Waals surface area contributed by atoms with Crippen LogP contribution in [0.2, 0.25) is 0 Å². The van der Waals surface area contributed by atoms with E-state index in [0.717, 1.165) is 22.3 Å². The second-order valence-electron chi connectivity index (χ2n) is 6.26. The number of aliphatic carboxylic acids is 1. The zero-order chi connectivity index (χ0) is 18.7. The van der Waals surface area contributed by atoms with Crippen LogP contribution in [0.5, 0.6) is 0 Å². The van der Waals surface area contributed by atoms with Gasteiger partial charge in [0.15, 0.2) is 6.04 Å². The number of aliphatic hydroxyl groups excluding tert-OH is 1. The summed E-state index contributed by atoms with van der Waals surface area (Å²) in [5.74, 6) is -1.40. The number of fused-ring (bicyclic) bond motifs is 3. The van der Waals surface area contributed by atoms with Crippen LogP contribution < -0.4 is 5.32 Å². The lowest BCUT2D eigenvalue weighted by molar-refractivity contribution is -0.142. The van der Waals surface area contributed by atoms with E-state index in [2.05, 4.69) is 5.32 Å². The number of rotatable bonds is 6. The number of hydrogen-bond acceptors (Lipinski definition) is 4. The van der Waals surface area contributed by atoms with Crippen LogP contribution in [0.25, 0.3) is 11.1 Å². The van der Waals surface area contributed by atoms with Gasteiger partial charge in [-0.3, -0.25) is 0 Å². The summed E-state index contributed by atoms with van der Waals surface area (Å²) in [5, 5.41) is 21.1. The second-order valence-corrected chi connectivity index (χ2v) is 6.26. The lowest BCUT2D eigenvalue weighted by atomic mass is 9.98. The third-order valence-electron chi connectivity index (χ3n) is 4.69. The molecular weight excluding hydrogens is 334 g/mol. The first-order valence-corrected chi connectivity index (χ1v) is 8.55. The molecule has 26 heavy (non-hydrogen) atoms. The summed E-state index contributed by atoms with van der Waals surface area (Å²) >= 11 is 0. The monoisotopic (exact) mass is 355 g/mol. The molecule has 1 aliphatic rings. The fraction of sp³-hybridized carbons (Fsp3) is 0.300. The molecule has 2 aromatic carbocycles. The molecule has 2 atom stereocenters. The van der Waals surface area contributed by atoms with Gasteiger partial charge >= 0.3 is 12.1 Å². The van der Waals surface area contributed by atoms with Gasteiger partial charge in [-0.15, -0.1) is 0 Å². The molecule has 3 rings (SSSR count). The standard InChI is InChI=1S/C20H21NO5/c1-2-17(22)18(19(23)24)21-20(25)26-11-16-14-9-5-3-7-12(14)13-8-4-6-10-15(13)16/h3-10,16-18,22H,2,11H2,1H3,(H,21,25)(H,23,24)/t17-,18-/m1/s1. The van der Waals surface area contributed by atoms with Crippen molar-refractivity contribution in [2.24, 2.45) is 0 Å². The minimum atomic E-state index is -1.39. The third-order valence-corrected chi connectivity index (χ3v) is 4.69. The molecule has 1 amide bonds. The number of carboxylic acid groups (broad SMARTS) is 1. The van der Waals surface area contributed by atoms with Gasteiger partial charge in [0.1, 0.15) is 6.61 Å². The Balaban J connectivity index is 1.72. The maximum absolute atomic E-state index is 12.1. The number of hydrogen-bond donors (Lipinski definition) is 3. The first kappa shape index (κ1) is 17.9. The largest absolute Gasteiger partial charge is 0.480 e. The molecule has 6 heteroatoms. The van der Waals surface area contributed by atoms with Crippen LogP contribution >= 0.6 is 0 Å². The van der Waals surface area contributed by atoms with E-state index in [4.69, 9.17) is 9.84 Å². The molecule has 0 aromatic heterocycles. The number of carboxylic acids is 1. The van der Waals surface area contributed by atoms with Gasteiger partial charge in [0.05, 0.1) is 6.10 Å². The van der Waals surface area contributed by atoms with Crippen molar-refractivity contribution in [2.75, 3.05) is 6.61 Å². The van der Waals surface area contributed by atoms with Gasteiger partial charge in [0.2, 0.25) is 0 Å². The van der Waals surface area contributed by atoms with Gasteiger partial charge in [-0.2, -0.15) is 0 Å². The summed E-state index contributed by atoms with van der Waals surface area (Å²) in [6.45, 7) is 1.73. The van der Waals surface area contributed by atoms with Crippen molar-refractivity contribution >= 4 is 12.1 Å². The van der Waals surface area contributed by atoms with Gasteiger partial charge in [-0.05, 0) is 28.7 Å². The molecule has 0 saturated carbocycles. The van der Waals surface area contributed by atoms with E-state index < -0.39 is 24.2 Å². The molecule has 1 aliphatic carbocycles. The number of amides is 1. The fourth-order valence-electron chi connectivity index (χ4n) is 3.33. The van der Waals surface area contributed by atoms with Crippen molar-refractivity contribution in [3.8, 4) is 11.1 Å². The average molecular weight is 355 g/mol. The Kier molecular flexibility index (Phi) is 5.23. The molecule has 0 fully saturated rings. The molecule has 136 valence electrons. The Hall–Kier alpha value is -2.86. The number of nitrogens with one attached hydrogen (secondary N) is 1. The predicted octanol–water partition coefficient (Wildman–Crippen LogP) is 2.75. The smallest absolute Gasteiger partial charge is 0.407 e. The van der Waals surface area contributed by atoms with Crippen LogP contribution in [-0.2, 0) is 9.53 Å². The molecule has 0 heterocycles.